The number of furan rings is 1. The number of aromatic nitrogens is 1. The van der Waals surface area contributed by atoms with Gasteiger partial charge in [0.1, 0.15) is 17.0 Å². The minimum absolute atomic E-state index is 0.00888. The number of halogens is 2. The van der Waals surface area contributed by atoms with Crippen LogP contribution in [0.2, 0.25) is 10.0 Å². The Morgan fingerprint density at radius 1 is 0.973 bits per heavy atom. The summed E-state index contributed by atoms with van der Waals surface area (Å²) in [5.74, 6) is 0.179. The number of fused-ring (bicyclic) bond motifs is 1. The lowest BCUT2D eigenvalue weighted by Gasteiger charge is -2.10. The molecule has 7 nitrogen and oxygen atoms in total. The van der Waals surface area contributed by atoms with Gasteiger partial charge in [-0.1, -0.05) is 29.3 Å². The Morgan fingerprint density at radius 3 is 2.57 bits per heavy atom. The number of amides is 1. The van der Waals surface area contributed by atoms with Gasteiger partial charge in [-0.25, -0.2) is 4.98 Å². The molecule has 3 aromatic carbocycles. The zero-order valence-corrected chi connectivity index (χ0v) is 21.9. The molecule has 186 valence electrons. The van der Waals surface area contributed by atoms with Crippen molar-refractivity contribution >= 4 is 63.2 Å². The molecule has 37 heavy (non-hydrogen) atoms. The van der Waals surface area contributed by atoms with Crippen LogP contribution < -0.4 is 10.6 Å². The van der Waals surface area contributed by atoms with Crippen LogP contribution >= 0.6 is 35.4 Å². The largest absolute Gasteiger partial charge is 0.507 e. The third-order valence-electron chi connectivity index (χ3n) is 5.56. The predicted molar refractivity (Wildman–Crippen MR) is 148 cm³/mol. The van der Waals surface area contributed by atoms with Gasteiger partial charge < -0.3 is 19.3 Å². The number of hydrogen-bond donors (Lipinski definition) is 3. The Hall–Kier alpha value is -3.85. The van der Waals surface area contributed by atoms with Gasteiger partial charge in [-0.2, -0.15) is 0 Å². The fraction of sp³-hybridized carbons (Fsp3) is 0.0741. The van der Waals surface area contributed by atoms with Crippen LogP contribution in [0.1, 0.15) is 21.7 Å². The number of aryl methyl sites for hydroxylation is 2. The second kappa shape index (κ2) is 9.89. The third kappa shape index (κ3) is 5.17. The summed E-state index contributed by atoms with van der Waals surface area (Å²) in [6.07, 6.45) is 0. The first-order valence-electron chi connectivity index (χ1n) is 11.1. The van der Waals surface area contributed by atoms with Gasteiger partial charge in [-0.3, -0.25) is 10.1 Å². The number of aromatic hydroxyl groups is 1. The van der Waals surface area contributed by atoms with Gasteiger partial charge in [0.05, 0.1) is 10.6 Å². The molecule has 0 saturated carbocycles. The van der Waals surface area contributed by atoms with Gasteiger partial charge in [0.25, 0.3) is 5.91 Å². The number of oxazole rings is 1. The van der Waals surface area contributed by atoms with Crippen LogP contribution in [0.4, 0.5) is 5.69 Å². The van der Waals surface area contributed by atoms with Crippen molar-refractivity contribution in [1.82, 2.24) is 10.3 Å². The molecule has 2 heterocycles. The Labute approximate surface area is 227 Å². The Morgan fingerprint density at radius 2 is 1.78 bits per heavy atom. The fourth-order valence-corrected chi connectivity index (χ4v) is 4.61. The van der Waals surface area contributed by atoms with Crippen molar-refractivity contribution < 1.29 is 18.7 Å². The van der Waals surface area contributed by atoms with Crippen LogP contribution in [-0.4, -0.2) is 21.1 Å². The fourth-order valence-electron chi connectivity index (χ4n) is 3.90. The van der Waals surface area contributed by atoms with E-state index in [1.165, 1.54) is 12.1 Å². The summed E-state index contributed by atoms with van der Waals surface area (Å²) in [6, 6.07) is 16.8. The smallest absolute Gasteiger partial charge is 0.293 e. The maximum Gasteiger partial charge on any atom is 0.293 e. The van der Waals surface area contributed by atoms with Gasteiger partial charge in [-0.05, 0) is 91.8 Å². The lowest BCUT2D eigenvalue weighted by Crippen LogP contribution is -2.33. The second-order valence-corrected chi connectivity index (χ2v) is 9.63. The summed E-state index contributed by atoms with van der Waals surface area (Å²) in [7, 11) is 0. The summed E-state index contributed by atoms with van der Waals surface area (Å²) in [4.78, 5) is 17.2. The summed E-state index contributed by atoms with van der Waals surface area (Å²) >= 11 is 17.5. The second-order valence-electron chi connectivity index (χ2n) is 8.38. The lowest BCUT2D eigenvalue weighted by molar-refractivity contribution is 0.0951. The first-order valence-corrected chi connectivity index (χ1v) is 12.2. The van der Waals surface area contributed by atoms with Gasteiger partial charge in [0.15, 0.2) is 16.5 Å². The first kappa shape index (κ1) is 24.8. The van der Waals surface area contributed by atoms with Crippen LogP contribution in [0.15, 0.2) is 69.5 Å². The van der Waals surface area contributed by atoms with E-state index in [2.05, 4.69) is 15.6 Å². The van der Waals surface area contributed by atoms with Crippen LogP contribution in [0.25, 0.3) is 33.9 Å². The Balaban J connectivity index is 1.31. The Bertz CT molecular complexity index is 1690. The summed E-state index contributed by atoms with van der Waals surface area (Å²) in [5.41, 5.74) is 4.86. The van der Waals surface area contributed by atoms with Gasteiger partial charge in [0, 0.05) is 16.3 Å². The van der Waals surface area contributed by atoms with Crippen molar-refractivity contribution in [3.8, 4) is 28.5 Å². The molecule has 2 aromatic heterocycles. The van der Waals surface area contributed by atoms with Crippen molar-refractivity contribution in [1.29, 1.82) is 0 Å². The molecule has 3 N–H and O–H groups in total. The van der Waals surface area contributed by atoms with Crippen molar-refractivity contribution in [2.45, 2.75) is 13.8 Å². The number of hydrogen-bond acceptors (Lipinski definition) is 6. The standard InChI is InChI=1S/C27H19Cl2N3O4S/c1-13-9-14(2)24-20(10-13)31-26(36-24)18-12-16(4-6-21(18)33)30-27(37)32-25(34)23-8-7-22(35-23)17-5-3-15(28)11-19(17)29/h3-12,33H,1-2H3,(H2,30,32,34,37). The number of benzene rings is 3. The van der Waals surface area contributed by atoms with E-state index in [0.717, 1.165) is 11.1 Å². The highest BCUT2D eigenvalue weighted by molar-refractivity contribution is 7.80. The van der Waals surface area contributed by atoms with Gasteiger partial charge in [-0.15, -0.1) is 0 Å². The predicted octanol–water partition coefficient (Wildman–Crippen LogP) is 7.51. The molecule has 0 spiro atoms. The van der Waals surface area contributed by atoms with Crippen LogP contribution in [0, 0.1) is 13.8 Å². The molecule has 0 atom stereocenters. The van der Waals surface area contributed by atoms with Gasteiger partial charge in [0.2, 0.25) is 5.89 Å². The van der Waals surface area contributed by atoms with E-state index in [1.807, 2.05) is 26.0 Å². The van der Waals surface area contributed by atoms with E-state index in [0.29, 0.717) is 43.7 Å². The van der Waals surface area contributed by atoms with E-state index in [9.17, 15) is 9.90 Å². The number of carbonyl (C=O) groups excluding carboxylic acids is 1. The molecule has 0 radical (unpaired) electrons. The topological polar surface area (TPSA) is 101 Å². The average Bonchev–Trinajstić information content (AvgIpc) is 3.48. The molecular formula is C27H19Cl2N3O4S. The van der Waals surface area contributed by atoms with E-state index < -0.39 is 5.91 Å². The van der Waals surface area contributed by atoms with E-state index in [4.69, 9.17) is 44.3 Å². The van der Waals surface area contributed by atoms with E-state index >= 15 is 0 Å². The summed E-state index contributed by atoms with van der Waals surface area (Å²) in [5, 5.41) is 16.9. The number of nitrogens with one attached hydrogen (secondary N) is 2. The van der Waals surface area contributed by atoms with Crippen LogP contribution in [0.5, 0.6) is 5.75 Å². The van der Waals surface area contributed by atoms with Crippen molar-refractivity contribution in [3.05, 3.63) is 87.6 Å². The minimum atomic E-state index is -0.544. The number of phenolic OH excluding ortho intramolecular Hbond substituents is 1. The molecule has 0 aliphatic carbocycles. The Kier molecular flexibility index (Phi) is 6.64. The van der Waals surface area contributed by atoms with Crippen molar-refractivity contribution in [2.24, 2.45) is 0 Å². The molecule has 0 saturated heterocycles. The first-order chi connectivity index (χ1) is 17.7. The van der Waals surface area contributed by atoms with Gasteiger partial charge >= 0.3 is 0 Å². The highest BCUT2D eigenvalue weighted by Crippen LogP contribution is 2.35. The summed E-state index contributed by atoms with van der Waals surface area (Å²) in [6.45, 7) is 3.92. The molecule has 0 aliphatic rings. The molecular weight excluding hydrogens is 533 g/mol. The number of thiocarbonyl (C=S) groups is 1. The maximum absolute atomic E-state index is 12.7. The molecule has 10 heteroatoms. The number of nitrogens with zero attached hydrogens (tertiary/aromatic N) is 1. The summed E-state index contributed by atoms with van der Waals surface area (Å²) < 4.78 is 11.6. The number of phenols is 1. The molecule has 1 amide bonds. The molecule has 5 rings (SSSR count). The zero-order chi connectivity index (χ0) is 26.3. The maximum atomic E-state index is 12.7. The third-order valence-corrected chi connectivity index (χ3v) is 6.31. The average molecular weight is 552 g/mol. The van der Waals surface area contributed by atoms with Crippen molar-refractivity contribution in [3.63, 3.8) is 0 Å². The lowest BCUT2D eigenvalue weighted by atomic mass is 10.1. The minimum Gasteiger partial charge on any atom is -0.507 e. The van der Waals surface area contributed by atoms with Crippen LogP contribution in [-0.2, 0) is 0 Å². The van der Waals surface area contributed by atoms with E-state index in [1.54, 1.807) is 36.4 Å². The SMILES string of the molecule is Cc1cc(C)c2oc(-c3cc(NC(=S)NC(=O)c4ccc(-c5ccc(Cl)cc5Cl)o4)ccc3O)nc2c1. The normalized spacial score (nSPS) is 11.0. The number of carbonyl (C=O) groups is 1. The molecule has 0 fully saturated rings. The highest BCUT2D eigenvalue weighted by atomic mass is 35.5. The molecule has 0 unspecified atom stereocenters. The quantitative estimate of drug-likeness (QED) is 0.157. The molecule has 5 aromatic rings. The number of anilines is 1. The van der Waals surface area contributed by atoms with Crippen molar-refractivity contribution in [2.75, 3.05) is 5.32 Å². The van der Waals surface area contributed by atoms with Crippen LogP contribution in [0.3, 0.4) is 0 Å². The molecule has 0 aliphatic heterocycles. The zero-order valence-electron chi connectivity index (χ0n) is 19.6. The van der Waals surface area contributed by atoms with E-state index in [-0.39, 0.29) is 22.5 Å². The monoisotopic (exact) mass is 551 g/mol. The molecule has 0 bridgehead atoms. The highest BCUT2D eigenvalue weighted by Gasteiger charge is 2.17. The number of rotatable bonds is 4.